The summed E-state index contributed by atoms with van der Waals surface area (Å²) >= 11 is 5.86. The number of methoxy groups -OCH3 is 1. The number of sulfonamides is 1. The fourth-order valence-corrected chi connectivity index (χ4v) is 4.91. The third-order valence-corrected chi connectivity index (χ3v) is 6.75. The highest BCUT2D eigenvalue weighted by Crippen LogP contribution is 2.32. The molecule has 0 atom stereocenters. The molecule has 0 aliphatic rings. The molecule has 0 bridgehead atoms. The van der Waals surface area contributed by atoms with Crippen LogP contribution in [-0.4, -0.2) is 45.9 Å². The van der Waals surface area contributed by atoms with Crippen LogP contribution in [-0.2, 0) is 10.0 Å². The summed E-state index contributed by atoms with van der Waals surface area (Å²) in [6.45, 7) is 0. The van der Waals surface area contributed by atoms with Gasteiger partial charge in [0.15, 0.2) is 16.4 Å². The summed E-state index contributed by atoms with van der Waals surface area (Å²) in [5.74, 6) is -3.12. The Morgan fingerprint density at radius 2 is 1.97 bits per heavy atom. The van der Waals surface area contributed by atoms with Crippen molar-refractivity contribution in [3.63, 3.8) is 0 Å². The van der Waals surface area contributed by atoms with Gasteiger partial charge in [0, 0.05) is 12.4 Å². The fourth-order valence-electron chi connectivity index (χ4n) is 3.48. The molecule has 4 heterocycles. The lowest BCUT2D eigenvalue weighted by Crippen LogP contribution is -2.16. The summed E-state index contributed by atoms with van der Waals surface area (Å²) in [6, 6.07) is 2.86. The van der Waals surface area contributed by atoms with E-state index in [1.165, 1.54) is 48.9 Å². The summed E-state index contributed by atoms with van der Waals surface area (Å²) in [6.07, 6.45) is 7.38. The van der Waals surface area contributed by atoms with Crippen LogP contribution in [0, 0.1) is 11.6 Å². The Kier molecular flexibility index (Phi) is 6.38. The molecule has 0 aliphatic carbocycles. The van der Waals surface area contributed by atoms with Gasteiger partial charge in [-0.2, -0.15) is 0 Å². The highest BCUT2D eigenvalue weighted by molar-refractivity contribution is 7.92. The first kappa shape index (κ1) is 25.0. The van der Waals surface area contributed by atoms with E-state index in [2.05, 4.69) is 34.7 Å². The molecule has 4 aromatic heterocycles. The number of carbonyl (C=O) groups excluding carboxylic acids is 1. The zero-order valence-electron chi connectivity index (χ0n) is 19.0. The summed E-state index contributed by atoms with van der Waals surface area (Å²) < 4.78 is 69.2. The van der Waals surface area contributed by atoms with Gasteiger partial charge in [0.25, 0.3) is 15.9 Å². The number of fused-ring (bicyclic) bond motifs is 1. The second-order valence-electron chi connectivity index (χ2n) is 7.58. The van der Waals surface area contributed by atoms with Crippen LogP contribution >= 0.6 is 11.6 Å². The quantitative estimate of drug-likeness (QED) is 0.302. The monoisotopic (exact) mass is 561 g/mol. The Labute approximate surface area is 217 Å². The molecule has 1 aromatic carbocycles. The van der Waals surface area contributed by atoms with E-state index in [9.17, 15) is 17.6 Å². The Bertz CT molecular complexity index is 1800. The van der Waals surface area contributed by atoms with E-state index in [0.29, 0.717) is 5.69 Å². The molecule has 0 saturated carbocycles. The first-order valence-electron chi connectivity index (χ1n) is 10.4. The minimum atomic E-state index is -4.45. The predicted molar refractivity (Wildman–Crippen MR) is 129 cm³/mol. The molecule has 0 fully saturated rings. The number of imidazole rings is 1. The van der Waals surface area contributed by atoms with E-state index in [4.69, 9.17) is 16.3 Å². The largest absolute Gasteiger partial charge is 0.480 e. The molecular formula is C22H14ClF2N7O5S. The van der Waals surface area contributed by atoms with Crippen LogP contribution in [0.2, 0.25) is 5.02 Å². The highest BCUT2D eigenvalue weighted by Gasteiger charge is 2.26. The van der Waals surface area contributed by atoms with E-state index in [-0.39, 0.29) is 27.8 Å². The molecule has 0 unspecified atom stereocenters. The molecule has 0 radical (unpaired) electrons. The van der Waals surface area contributed by atoms with Crippen LogP contribution in [0.3, 0.4) is 0 Å². The van der Waals surface area contributed by atoms with Crippen molar-refractivity contribution in [2.75, 3.05) is 17.1 Å². The average molecular weight is 562 g/mol. The van der Waals surface area contributed by atoms with E-state index < -0.39 is 43.7 Å². The molecular weight excluding hydrogens is 548 g/mol. The molecule has 16 heteroatoms. The van der Waals surface area contributed by atoms with Gasteiger partial charge in [-0.05, 0) is 18.2 Å². The van der Waals surface area contributed by atoms with E-state index >= 15 is 4.39 Å². The zero-order valence-corrected chi connectivity index (χ0v) is 20.6. The number of ether oxygens (including phenoxy) is 1. The van der Waals surface area contributed by atoms with Crippen LogP contribution in [0.25, 0.3) is 16.8 Å². The third-order valence-electron chi connectivity index (χ3n) is 5.18. The van der Waals surface area contributed by atoms with Crippen LogP contribution in [0.5, 0.6) is 5.88 Å². The maximum atomic E-state index is 15.5. The molecule has 5 rings (SSSR count). The van der Waals surface area contributed by atoms with Crippen LogP contribution in [0.1, 0.15) is 10.5 Å². The molecule has 194 valence electrons. The number of nitrogens with one attached hydrogen (secondary N) is 2. The molecule has 5 aromatic rings. The zero-order chi connectivity index (χ0) is 27.0. The standard InChI is InChI=1S/C22H14ClF2N7O5S/c1-36-22-17(4-11(23)5-27-22)38(34,35)31-14-3-2-13(24)18(19(14)25)15-8-32-10-28-20(16(32)7-26-15)21(33)30-12-6-29-37-9-12/h2-10,31H,1H3,(H,30,33). The van der Waals surface area contributed by atoms with Crippen LogP contribution in [0.4, 0.5) is 20.2 Å². The van der Waals surface area contributed by atoms with Gasteiger partial charge in [-0.3, -0.25) is 14.5 Å². The smallest absolute Gasteiger partial charge is 0.276 e. The SMILES string of the molecule is COc1ncc(Cl)cc1S(=O)(=O)Nc1ccc(F)c(-c2cn3cnc(C(=O)Nc4cnoc4)c3cn2)c1F. The van der Waals surface area contributed by atoms with E-state index in [0.717, 1.165) is 18.2 Å². The van der Waals surface area contributed by atoms with Crippen molar-refractivity contribution < 1.29 is 31.3 Å². The second-order valence-corrected chi connectivity index (χ2v) is 9.66. The number of halogens is 3. The number of pyridine rings is 1. The lowest BCUT2D eigenvalue weighted by atomic mass is 10.1. The van der Waals surface area contributed by atoms with Crippen molar-refractivity contribution in [3.05, 3.63) is 77.9 Å². The van der Waals surface area contributed by atoms with Gasteiger partial charge in [0.2, 0.25) is 5.88 Å². The lowest BCUT2D eigenvalue weighted by molar-refractivity contribution is 0.102. The van der Waals surface area contributed by atoms with Crippen molar-refractivity contribution in [2.45, 2.75) is 4.90 Å². The van der Waals surface area contributed by atoms with Crippen molar-refractivity contribution in [1.82, 2.24) is 24.5 Å². The third kappa shape index (κ3) is 4.59. The molecule has 2 N–H and O–H groups in total. The normalized spacial score (nSPS) is 11.5. The number of hydrogen-bond acceptors (Lipinski definition) is 9. The van der Waals surface area contributed by atoms with Gasteiger partial charge in [-0.15, -0.1) is 0 Å². The highest BCUT2D eigenvalue weighted by atomic mass is 35.5. The first-order valence-corrected chi connectivity index (χ1v) is 12.3. The van der Waals surface area contributed by atoms with Gasteiger partial charge in [0.1, 0.15) is 24.1 Å². The molecule has 0 aliphatic heterocycles. The Hall–Kier alpha value is -4.63. The minimum Gasteiger partial charge on any atom is -0.480 e. The second kappa shape index (κ2) is 9.68. The fraction of sp³-hybridized carbons (Fsp3) is 0.0455. The summed E-state index contributed by atoms with van der Waals surface area (Å²) in [7, 11) is -3.25. The van der Waals surface area contributed by atoms with E-state index in [1.807, 2.05) is 0 Å². The number of nitrogens with zero attached hydrogens (tertiary/aromatic N) is 5. The lowest BCUT2D eigenvalue weighted by Gasteiger charge is -2.14. The molecule has 0 spiro atoms. The summed E-state index contributed by atoms with van der Waals surface area (Å²) in [4.78, 5) is 24.0. The topological polar surface area (TPSA) is 154 Å². The van der Waals surface area contributed by atoms with Gasteiger partial charge in [-0.1, -0.05) is 16.8 Å². The summed E-state index contributed by atoms with van der Waals surface area (Å²) in [5, 5.41) is 6.01. The number of carbonyl (C=O) groups is 1. The van der Waals surface area contributed by atoms with Crippen molar-refractivity contribution >= 4 is 44.4 Å². The number of benzene rings is 1. The Morgan fingerprint density at radius 1 is 1.16 bits per heavy atom. The van der Waals surface area contributed by atoms with Crippen LogP contribution < -0.4 is 14.8 Å². The van der Waals surface area contributed by atoms with Crippen LogP contribution in [0.15, 0.2) is 65.0 Å². The minimum absolute atomic E-state index is 0.00115. The van der Waals surface area contributed by atoms with Crippen molar-refractivity contribution in [2.24, 2.45) is 0 Å². The van der Waals surface area contributed by atoms with E-state index in [1.54, 1.807) is 0 Å². The average Bonchev–Trinajstić information content (AvgIpc) is 3.55. The first-order chi connectivity index (χ1) is 18.2. The van der Waals surface area contributed by atoms with Gasteiger partial charge >= 0.3 is 0 Å². The predicted octanol–water partition coefficient (Wildman–Crippen LogP) is 3.77. The van der Waals surface area contributed by atoms with Gasteiger partial charge in [0.05, 0.1) is 47.0 Å². The summed E-state index contributed by atoms with van der Waals surface area (Å²) in [5.41, 5.74) is -0.857. The number of amides is 1. The molecule has 38 heavy (non-hydrogen) atoms. The molecule has 1 amide bonds. The van der Waals surface area contributed by atoms with Gasteiger partial charge < -0.3 is 19.0 Å². The number of aromatic nitrogens is 5. The van der Waals surface area contributed by atoms with Crippen molar-refractivity contribution in [3.8, 4) is 17.1 Å². The number of rotatable bonds is 7. The van der Waals surface area contributed by atoms with Gasteiger partial charge in [-0.25, -0.2) is 27.2 Å². The molecule has 12 nitrogen and oxygen atoms in total. The number of anilines is 2. The number of hydrogen-bond donors (Lipinski definition) is 2. The van der Waals surface area contributed by atoms with Crippen molar-refractivity contribution in [1.29, 1.82) is 0 Å². The Balaban J connectivity index is 1.50. The molecule has 0 saturated heterocycles. The maximum absolute atomic E-state index is 15.5. The Morgan fingerprint density at radius 3 is 2.71 bits per heavy atom. The maximum Gasteiger partial charge on any atom is 0.276 e.